The summed E-state index contributed by atoms with van der Waals surface area (Å²) in [6.45, 7) is 2.06. The highest BCUT2D eigenvalue weighted by Gasteiger charge is 2.38. The number of hydrogen-bond donors (Lipinski definition) is 2. The third-order valence-corrected chi connectivity index (χ3v) is 5.13. The topological polar surface area (TPSA) is 105 Å². The average Bonchev–Trinajstić information content (AvgIpc) is 3.00. The second kappa shape index (κ2) is 8.86. The van der Waals surface area contributed by atoms with Crippen LogP contribution in [-0.2, 0) is 16.0 Å². The van der Waals surface area contributed by atoms with E-state index in [4.69, 9.17) is 9.47 Å². The summed E-state index contributed by atoms with van der Waals surface area (Å²) in [5.41, 5.74) is 2.35. The van der Waals surface area contributed by atoms with Crippen molar-refractivity contribution in [2.45, 2.75) is 25.8 Å². The Labute approximate surface area is 174 Å². The molecule has 1 aliphatic heterocycles. The Hall–Kier alpha value is -3.55. The molecule has 3 rings (SSSR count). The van der Waals surface area contributed by atoms with Crippen LogP contribution in [0.5, 0.6) is 11.5 Å². The number of rotatable bonds is 8. The molecule has 0 spiro atoms. The maximum absolute atomic E-state index is 12.8. The van der Waals surface area contributed by atoms with Gasteiger partial charge < -0.3 is 19.9 Å². The lowest BCUT2D eigenvalue weighted by molar-refractivity contribution is -0.138. The number of amides is 2. The summed E-state index contributed by atoms with van der Waals surface area (Å²) < 4.78 is 10.5. The van der Waals surface area contributed by atoms with Crippen LogP contribution in [0.4, 0.5) is 5.69 Å². The van der Waals surface area contributed by atoms with Crippen molar-refractivity contribution in [2.24, 2.45) is 0 Å². The van der Waals surface area contributed by atoms with Gasteiger partial charge in [0.05, 0.1) is 26.2 Å². The van der Waals surface area contributed by atoms with Crippen molar-refractivity contribution < 1.29 is 29.0 Å². The van der Waals surface area contributed by atoms with Gasteiger partial charge >= 0.3 is 5.97 Å². The summed E-state index contributed by atoms with van der Waals surface area (Å²) in [5.74, 6) is -0.436. The average molecular weight is 412 g/mol. The quantitative estimate of drug-likeness (QED) is 0.642. The molecule has 2 amide bonds. The largest absolute Gasteiger partial charge is 0.493 e. The molecule has 30 heavy (non-hydrogen) atoms. The summed E-state index contributed by atoms with van der Waals surface area (Å²) >= 11 is 0. The number of carbonyl (C=O) groups excluding carboxylic acids is 2. The van der Waals surface area contributed by atoms with Gasteiger partial charge in [0, 0.05) is 12.2 Å². The minimum atomic E-state index is -1.05. The fraction of sp³-hybridized carbons (Fsp3) is 0.318. The van der Waals surface area contributed by atoms with Gasteiger partial charge in [-0.3, -0.25) is 14.5 Å². The third-order valence-electron chi connectivity index (χ3n) is 5.13. The van der Waals surface area contributed by atoms with Crippen LogP contribution < -0.4 is 14.8 Å². The molecule has 8 nitrogen and oxygen atoms in total. The predicted molar refractivity (Wildman–Crippen MR) is 110 cm³/mol. The van der Waals surface area contributed by atoms with Crippen molar-refractivity contribution in [2.75, 3.05) is 26.1 Å². The monoisotopic (exact) mass is 412 g/mol. The van der Waals surface area contributed by atoms with E-state index in [2.05, 4.69) is 5.32 Å². The zero-order chi connectivity index (χ0) is 21.8. The Morgan fingerprint density at radius 2 is 1.87 bits per heavy atom. The fourth-order valence-corrected chi connectivity index (χ4v) is 3.41. The van der Waals surface area contributed by atoms with E-state index in [0.29, 0.717) is 23.6 Å². The molecule has 1 aliphatic rings. The predicted octanol–water partition coefficient (Wildman–Crippen LogP) is 2.49. The molecule has 0 saturated carbocycles. The van der Waals surface area contributed by atoms with Gasteiger partial charge in [0.25, 0.3) is 5.91 Å². The summed E-state index contributed by atoms with van der Waals surface area (Å²) in [6, 6.07) is 9.39. The number of carbonyl (C=O) groups is 3. The number of hydrogen-bond acceptors (Lipinski definition) is 6. The van der Waals surface area contributed by atoms with Gasteiger partial charge in [-0.15, -0.1) is 0 Å². The molecule has 2 aromatic carbocycles. The highest BCUT2D eigenvalue weighted by atomic mass is 16.5. The summed E-state index contributed by atoms with van der Waals surface area (Å²) in [7, 11) is 3.10. The number of nitrogens with zero attached hydrogens (tertiary/aromatic N) is 1. The second-order valence-electron chi connectivity index (χ2n) is 7.06. The Morgan fingerprint density at radius 3 is 2.53 bits per heavy atom. The van der Waals surface area contributed by atoms with Gasteiger partial charge in [0.1, 0.15) is 6.04 Å². The van der Waals surface area contributed by atoms with E-state index in [1.165, 1.54) is 17.0 Å². The Balaban J connectivity index is 1.68. The molecule has 8 heteroatoms. The fourth-order valence-electron chi connectivity index (χ4n) is 3.41. The van der Waals surface area contributed by atoms with Crippen LogP contribution in [0.25, 0.3) is 0 Å². The maximum Gasteiger partial charge on any atom is 0.335 e. The minimum absolute atomic E-state index is 0.0293. The summed E-state index contributed by atoms with van der Waals surface area (Å²) in [4.78, 5) is 37.6. The zero-order valence-electron chi connectivity index (χ0n) is 17.1. The standard InChI is InChI=1S/C22H24N2O6/c1-13-4-6-15(22(27)28)11-16(13)23-17-12-20(25)24(21(17)26)9-8-14-5-7-18(29-2)19(10-14)30-3/h4-7,10-11,17,23H,8-9,12H2,1-3H3,(H,27,28). The summed E-state index contributed by atoms with van der Waals surface area (Å²) in [6.07, 6.45) is 0.513. The van der Waals surface area contributed by atoms with Crippen LogP contribution in [0.3, 0.4) is 0 Å². The molecule has 1 saturated heterocycles. The van der Waals surface area contributed by atoms with Gasteiger partial charge in [0.15, 0.2) is 11.5 Å². The first kappa shape index (κ1) is 21.2. The molecule has 0 aromatic heterocycles. The number of carboxylic acid groups (broad SMARTS) is 1. The normalized spacial score (nSPS) is 16.0. The lowest BCUT2D eigenvalue weighted by Crippen LogP contribution is -2.36. The number of carboxylic acids is 1. The van der Waals surface area contributed by atoms with Crippen LogP contribution in [0.2, 0.25) is 0 Å². The molecule has 1 unspecified atom stereocenters. The third kappa shape index (κ3) is 4.37. The number of nitrogens with one attached hydrogen (secondary N) is 1. The number of benzene rings is 2. The Bertz CT molecular complexity index is 988. The number of aryl methyl sites for hydroxylation is 1. The molecule has 0 bridgehead atoms. The van der Waals surface area contributed by atoms with Crippen LogP contribution in [0.15, 0.2) is 36.4 Å². The maximum atomic E-state index is 12.8. The van der Waals surface area contributed by atoms with E-state index in [0.717, 1.165) is 11.1 Å². The number of ether oxygens (including phenoxy) is 2. The molecule has 2 N–H and O–H groups in total. The number of methoxy groups -OCH3 is 2. The van der Waals surface area contributed by atoms with Crippen LogP contribution in [-0.4, -0.2) is 54.6 Å². The minimum Gasteiger partial charge on any atom is -0.493 e. The first-order chi connectivity index (χ1) is 14.3. The van der Waals surface area contributed by atoms with Gasteiger partial charge in [-0.05, 0) is 48.7 Å². The van der Waals surface area contributed by atoms with E-state index in [-0.39, 0.29) is 30.3 Å². The van der Waals surface area contributed by atoms with E-state index >= 15 is 0 Å². The van der Waals surface area contributed by atoms with Crippen LogP contribution in [0, 0.1) is 6.92 Å². The van der Waals surface area contributed by atoms with Crippen molar-refractivity contribution >= 4 is 23.5 Å². The van der Waals surface area contributed by atoms with Crippen molar-refractivity contribution in [3.63, 3.8) is 0 Å². The van der Waals surface area contributed by atoms with E-state index in [9.17, 15) is 19.5 Å². The molecule has 1 fully saturated rings. The van der Waals surface area contributed by atoms with Gasteiger partial charge in [-0.2, -0.15) is 0 Å². The first-order valence-corrected chi connectivity index (χ1v) is 9.49. The van der Waals surface area contributed by atoms with E-state index in [1.807, 2.05) is 19.1 Å². The Kier molecular flexibility index (Phi) is 6.25. The van der Waals surface area contributed by atoms with Crippen LogP contribution >= 0.6 is 0 Å². The summed E-state index contributed by atoms with van der Waals surface area (Å²) in [5, 5.41) is 12.2. The SMILES string of the molecule is COc1ccc(CCN2C(=O)CC(Nc3cc(C(=O)O)ccc3C)C2=O)cc1OC. The molecular weight excluding hydrogens is 388 g/mol. The van der Waals surface area contributed by atoms with Crippen molar-refractivity contribution in [1.82, 2.24) is 4.90 Å². The van der Waals surface area contributed by atoms with Crippen LogP contribution in [0.1, 0.15) is 27.9 Å². The Morgan fingerprint density at radius 1 is 1.13 bits per heavy atom. The lowest BCUT2D eigenvalue weighted by atomic mass is 10.1. The van der Waals surface area contributed by atoms with Gasteiger partial charge in [-0.1, -0.05) is 12.1 Å². The van der Waals surface area contributed by atoms with Crippen molar-refractivity contribution in [3.05, 3.63) is 53.1 Å². The highest BCUT2D eigenvalue weighted by molar-refractivity contribution is 6.07. The molecular formula is C22H24N2O6. The van der Waals surface area contributed by atoms with E-state index < -0.39 is 12.0 Å². The number of anilines is 1. The molecule has 158 valence electrons. The second-order valence-corrected chi connectivity index (χ2v) is 7.06. The van der Waals surface area contributed by atoms with Gasteiger partial charge in [0.2, 0.25) is 5.91 Å². The molecule has 1 heterocycles. The van der Waals surface area contributed by atoms with E-state index in [1.54, 1.807) is 26.4 Å². The molecule has 0 aliphatic carbocycles. The molecule has 0 radical (unpaired) electrons. The van der Waals surface area contributed by atoms with Crippen molar-refractivity contribution in [3.8, 4) is 11.5 Å². The first-order valence-electron chi connectivity index (χ1n) is 9.49. The number of imide groups is 1. The van der Waals surface area contributed by atoms with Crippen molar-refractivity contribution in [1.29, 1.82) is 0 Å². The number of likely N-dealkylation sites (tertiary alicyclic amines) is 1. The molecule has 1 atom stereocenters. The number of aromatic carboxylic acids is 1. The zero-order valence-corrected chi connectivity index (χ0v) is 17.1. The van der Waals surface area contributed by atoms with Gasteiger partial charge in [-0.25, -0.2) is 4.79 Å². The lowest BCUT2D eigenvalue weighted by Gasteiger charge is -2.17. The molecule has 2 aromatic rings. The highest BCUT2D eigenvalue weighted by Crippen LogP contribution is 2.28. The smallest absolute Gasteiger partial charge is 0.335 e.